The third-order valence-electron chi connectivity index (χ3n) is 6.35. The zero-order valence-corrected chi connectivity index (χ0v) is 17.1. The number of esters is 1. The molecule has 28 heavy (non-hydrogen) atoms. The number of ether oxygens (including phenoxy) is 1. The van der Waals surface area contributed by atoms with Crippen molar-refractivity contribution in [3.8, 4) is 0 Å². The van der Waals surface area contributed by atoms with E-state index in [4.69, 9.17) is 4.74 Å². The van der Waals surface area contributed by atoms with Crippen LogP contribution in [0.2, 0.25) is 0 Å². The molecule has 1 aromatic heterocycles. The standard InChI is InChI=1S/C23H31N3O2/c1-18-10-13-25-16-20(24-21(25)14-18)22(27)28-17-23(2)11-6-7-12-26(23)15-19-8-4-3-5-9-19/h3-5,8-9,16,18H,6-7,10-15,17H2,1-2H3. The molecule has 4 rings (SSSR count). The van der Waals surface area contributed by atoms with Crippen LogP contribution in [-0.2, 0) is 24.2 Å². The summed E-state index contributed by atoms with van der Waals surface area (Å²) in [5.41, 5.74) is 1.63. The summed E-state index contributed by atoms with van der Waals surface area (Å²) in [5.74, 6) is 1.35. The van der Waals surface area contributed by atoms with Crippen LogP contribution < -0.4 is 0 Å². The van der Waals surface area contributed by atoms with E-state index < -0.39 is 0 Å². The maximum Gasteiger partial charge on any atom is 0.358 e. The summed E-state index contributed by atoms with van der Waals surface area (Å²) < 4.78 is 7.90. The van der Waals surface area contributed by atoms with Gasteiger partial charge in [-0.05, 0) is 44.2 Å². The zero-order chi connectivity index (χ0) is 19.6. The first-order valence-corrected chi connectivity index (χ1v) is 10.6. The van der Waals surface area contributed by atoms with Gasteiger partial charge in [0.15, 0.2) is 5.69 Å². The minimum atomic E-state index is -0.291. The molecule has 0 saturated carbocycles. The van der Waals surface area contributed by atoms with Gasteiger partial charge in [0, 0.05) is 25.7 Å². The first kappa shape index (κ1) is 19.2. The molecule has 0 aliphatic carbocycles. The second-order valence-corrected chi connectivity index (χ2v) is 8.77. The number of likely N-dealkylation sites (tertiary alicyclic amines) is 1. The van der Waals surface area contributed by atoms with Crippen molar-refractivity contribution in [2.24, 2.45) is 5.92 Å². The van der Waals surface area contributed by atoms with Crippen LogP contribution in [0, 0.1) is 5.92 Å². The Bertz CT molecular complexity index is 817. The Morgan fingerprint density at radius 3 is 2.89 bits per heavy atom. The number of aromatic nitrogens is 2. The molecule has 0 N–H and O–H groups in total. The predicted molar refractivity (Wildman–Crippen MR) is 109 cm³/mol. The second kappa shape index (κ2) is 8.08. The van der Waals surface area contributed by atoms with Gasteiger partial charge in [-0.1, -0.05) is 43.7 Å². The Morgan fingerprint density at radius 1 is 1.25 bits per heavy atom. The normalized spacial score (nSPS) is 25.3. The van der Waals surface area contributed by atoms with Gasteiger partial charge in [0.05, 0.1) is 5.54 Å². The molecule has 0 spiro atoms. The number of hydrogen-bond acceptors (Lipinski definition) is 4. The molecule has 1 saturated heterocycles. The average molecular weight is 382 g/mol. The molecule has 2 atom stereocenters. The highest BCUT2D eigenvalue weighted by molar-refractivity contribution is 5.87. The number of piperidine rings is 1. The summed E-state index contributed by atoms with van der Waals surface area (Å²) >= 11 is 0. The van der Waals surface area contributed by atoms with Gasteiger partial charge in [0.1, 0.15) is 12.4 Å². The third-order valence-corrected chi connectivity index (χ3v) is 6.35. The molecular weight excluding hydrogens is 350 g/mol. The van der Waals surface area contributed by atoms with Crippen LogP contribution >= 0.6 is 0 Å². The van der Waals surface area contributed by atoms with Gasteiger partial charge in [-0.2, -0.15) is 0 Å². The molecule has 0 radical (unpaired) electrons. The monoisotopic (exact) mass is 381 g/mol. The molecule has 0 amide bonds. The molecule has 2 aliphatic rings. The van der Waals surface area contributed by atoms with Crippen LogP contribution in [0.3, 0.4) is 0 Å². The van der Waals surface area contributed by atoms with Crippen LogP contribution in [0.25, 0.3) is 0 Å². The van der Waals surface area contributed by atoms with E-state index in [1.54, 1.807) is 0 Å². The van der Waals surface area contributed by atoms with Crippen molar-refractivity contribution in [1.29, 1.82) is 0 Å². The number of benzene rings is 1. The molecule has 2 unspecified atom stereocenters. The van der Waals surface area contributed by atoms with E-state index in [2.05, 4.69) is 52.6 Å². The fourth-order valence-electron chi connectivity index (χ4n) is 4.45. The van der Waals surface area contributed by atoms with Gasteiger partial charge < -0.3 is 9.30 Å². The van der Waals surface area contributed by atoms with Crippen LogP contribution in [0.15, 0.2) is 36.5 Å². The van der Waals surface area contributed by atoms with Crippen molar-refractivity contribution in [1.82, 2.24) is 14.5 Å². The summed E-state index contributed by atoms with van der Waals surface area (Å²) in [6.07, 6.45) is 7.37. The van der Waals surface area contributed by atoms with E-state index >= 15 is 0 Å². The molecule has 3 heterocycles. The average Bonchev–Trinajstić information content (AvgIpc) is 3.12. The van der Waals surface area contributed by atoms with E-state index in [9.17, 15) is 4.79 Å². The minimum Gasteiger partial charge on any atom is -0.459 e. The van der Waals surface area contributed by atoms with Crippen molar-refractivity contribution in [3.63, 3.8) is 0 Å². The summed E-state index contributed by atoms with van der Waals surface area (Å²) in [5, 5.41) is 0. The van der Waals surface area contributed by atoms with Crippen molar-refractivity contribution in [2.75, 3.05) is 13.2 Å². The summed E-state index contributed by atoms with van der Waals surface area (Å²) in [6.45, 7) is 7.76. The van der Waals surface area contributed by atoms with Crippen molar-refractivity contribution in [2.45, 2.75) is 64.6 Å². The van der Waals surface area contributed by atoms with Crippen molar-refractivity contribution < 1.29 is 9.53 Å². The lowest BCUT2D eigenvalue weighted by molar-refractivity contribution is -0.0153. The zero-order valence-electron chi connectivity index (χ0n) is 17.1. The maximum atomic E-state index is 12.7. The fraction of sp³-hybridized carbons (Fsp3) is 0.565. The van der Waals surface area contributed by atoms with E-state index in [0.717, 1.165) is 44.7 Å². The number of imidazole rings is 1. The second-order valence-electron chi connectivity index (χ2n) is 8.77. The van der Waals surface area contributed by atoms with Gasteiger partial charge >= 0.3 is 5.97 Å². The quantitative estimate of drug-likeness (QED) is 0.733. The maximum absolute atomic E-state index is 12.7. The Kier molecular flexibility index (Phi) is 5.54. The number of nitrogens with zero attached hydrogens (tertiary/aromatic N) is 3. The number of fused-ring (bicyclic) bond motifs is 1. The predicted octanol–water partition coefficient (Wildman–Crippen LogP) is 4.07. The number of rotatable bonds is 5. The van der Waals surface area contributed by atoms with E-state index in [1.807, 2.05) is 12.3 Å². The Labute approximate surface area is 167 Å². The van der Waals surface area contributed by atoms with E-state index in [1.165, 1.54) is 18.4 Å². The van der Waals surface area contributed by atoms with Gasteiger partial charge in [-0.15, -0.1) is 0 Å². The number of carbonyl (C=O) groups is 1. The summed E-state index contributed by atoms with van der Waals surface area (Å²) in [4.78, 5) is 19.7. The molecule has 0 bridgehead atoms. The fourth-order valence-corrected chi connectivity index (χ4v) is 4.45. The van der Waals surface area contributed by atoms with Gasteiger partial charge in [-0.25, -0.2) is 9.78 Å². The Hall–Kier alpha value is -2.14. The molecule has 5 heteroatoms. The molecule has 1 fully saturated rings. The molecule has 1 aromatic carbocycles. The lowest BCUT2D eigenvalue weighted by atomic mass is 9.88. The first-order chi connectivity index (χ1) is 13.5. The minimum absolute atomic E-state index is 0.127. The van der Waals surface area contributed by atoms with Crippen LogP contribution in [-0.4, -0.2) is 39.1 Å². The lowest BCUT2D eigenvalue weighted by Crippen LogP contribution is -2.52. The number of aryl methyl sites for hydroxylation is 1. The van der Waals surface area contributed by atoms with Crippen molar-refractivity contribution in [3.05, 3.63) is 53.6 Å². The third kappa shape index (κ3) is 4.14. The topological polar surface area (TPSA) is 47.4 Å². The molecular formula is C23H31N3O2. The van der Waals surface area contributed by atoms with E-state index in [-0.39, 0.29) is 11.5 Å². The van der Waals surface area contributed by atoms with E-state index in [0.29, 0.717) is 18.2 Å². The lowest BCUT2D eigenvalue weighted by Gasteiger charge is -2.44. The van der Waals surface area contributed by atoms with Crippen LogP contribution in [0.4, 0.5) is 0 Å². The number of hydrogen-bond donors (Lipinski definition) is 0. The van der Waals surface area contributed by atoms with Crippen LogP contribution in [0.5, 0.6) is 0 Å². The van der Waals surface area contributed by atoms with Crippen LogP contribution in [0.1, 0.15) is 61.4 Å². The summed E-state index contributed by atoms with van der Waals surface area (Å²) in [6, 6.07) is 10.5. The highest BCUT2D eigenvalue weighted by Gasteiger charge is 2.36. The van der Waals surface area contributed by atoms with Gasteiger partial charge in [-0.3, -0.25) is 4.90 Å². The molecule has 5 nitrogen and oxygen atoms in total. The smallest absolute Gasteiger partial charge is 0.358 e. The Morgan fingerprint density at radius 2 is 2.07 bits per heavy atom. The SMILES string of the molecule is CC1CCn2cc(C(=O)OCC3(C)CCCCN3Cc3ccccc3)nc2C1. The molecule has 2 aliphatic heterocycles. The number of carbonyl (C=O) groups excluding carboxylic acids is 1. The van der Waals surface area contributed by atoms with Gasteiger partial charge in [0.25, 0.3) is 0 Å². The largest absolute Gasteiger partial charge is 0.459 e. The van der Waals surface area contributed by atoms with Crippen molar-refractivity contribution >= 4 is 5.97 Å². The molecule has 2 aromatic rings. The van der Waals surface area contributed by atoms with Gasteiger partial charge in [0.2, 0.25) is 0 Å². The highest BCUT2D eigenvalue weighted by atomic mass is 16.5. The Balaban J connectivity index is 1.41. The first-order valence-electron chi connectivity index (χ1n) is 10.6. The molecule has 150 valence electrons. The highest BCUT2D eigenvalue weighted by Crippen LogP contribution is 2.30. The summed E-state index contributed by atoms with van der Waals surface area (Å²) in [7, 11) is 0.